The normalized spacial score (nSPS) is 12.9. The summed E-state index contributed by atoms with van der Waals surface area (Å²) in [5.74, 6) is -1.12. The monoisotopic (exact) mass is 327 g/mol. The molecule has 3 nitrogen and oxygen atoms in total. The van der Waals surface area contributed by atoms with Gasteiger partial charge in [-0.1, -0.05) is 18.2 Å². The molecular formula is C15H12F3NO2S. The lowest BCUT2D eigenvalue weighted by molar-refractivity contribution is -0.137. The summed E-state index contributed by atoms with van der Waals surface area (Å²) in [7, 11) is 0. The first-order chi connectivity index (χ1) is 10.3. The van der Waals surface area contributed by atoms with Gasteiger partial charge >= 0.3 is 12.1 Å². The van der Waals surface area contributed by atoms with Gasteiger partial charge in [0.25, 0.3) is 0 Å². The molecular weight excluding hydrogens is 315 g/mol. The van der Waals surface area contributed by atoms with Crippen molar-refractivity contribution in [1.29, 1.82) is 0 Å². The standard InChI is InChI=1S/C15H12F3NO2S/c1-9(10-3-2-4-11(7-10)15(16,17)18)22-12-5-6-13(14(20)21)19-8-12/h2-9H,1H3,(H,20,21)/t9-/m0/s1. The summed E-state index contributed by atoms with van der Waals surface area (Å²) in [5, 5.41) is 8.54. The molecule has 1 aromatic carbocycles. The topological polar surface area (TPSA) is 50.2 Å². The van der Waals surface area contributed by atoms with Gasteiger partial charge in [0.2, 0.25) is 0 Å². The summed E-state index contributed by atoms with van der Waals surface area (Å²) < 4.78 is 38.1. The molecule has 2 rings (SSSR count). The largest absolute Gasteiger partial charge is 0.477 e. The summed E-state index contributed by atoms with van der Waals surface area (Å²) in [6, 6.07) is 8.11. The minimum atomic E-state index is -4.37. The molecule has 22 heavy (non-hydrogen) atoms. The predicted octanol–water partition coefficient (Wildman–Crippen LogP) is 4.65. The van der Waals surface area contributed by atoms with Crippen molar-refractivity contribution in [2.24, 2.45) is 0 Å². The molecule has 0 saturated carbocycles. The lowest BCUT2D eigenvalue weighted by Crippen LogP contribution is -2.05. The van der Waals surface area contributed by atoms with E-state index >= 15 is 0 Å². The van der Waals surface area contributed by atoms with Gasteiger partial charge in [-0.25, -0.2) is 9.78 Å². The number of aromatic nitrogens is 1. The van der Waals surface area contributed by atoms with Crippen LogP contribution in [0, 0.1) is 0 Å². The van der Waals surface area contributed by atoms with Crippen molar-refractivity contribution in [3.05, 3.63) is 59.4 Å². The molecule has 7 heteroatoms. The lowest BCUT2D eigenvalue weighted by Gasteiger charge is -2.14. The van der Waals surface area contributed by atoms with Gasteiger partial charge in [0.15, 0.2) is 0 Å². The summed E-state index contributed by atoms with van der Waals surface area (Å²) in [6.07, 6.45) is -2.97. The summed E-state index contributed by atoms with van der Waals surface area (Å²) in [4.78, 5) is 15.2. The molecule has 0 saturated heterocycles. The molecule has 0 amide bonds. The average Bonchev–Trinajstić information content (AvgIpc) is 2.47. The smallest absolute Gasteiger partial charge is 0.416 e. The Labute approximate surface area is 129 Å². The average molecular weight is 327 g/mol. The van der Waals surface area contributed by atoms with E-state index in [0.29, 0.717) is 10.5 Å². The third kappa shape index (κ3) is 4.00. The summed E-state index contributed by atoms with van der Waals surface area (Å²) in [5.41, 5.74) is -0.213. The van der Waals surface area contributed by atoms with Crippen LogP contribution in [-0.4, -0.2) is 16.1 Å². The van der Waals surface area contributed by atoms with Gasteiger partial charge in [-0.15, -0.1) is 11.8 Å². The number of hydrogen-bond acceptors (Lipinski definition) is 3. The van der Waals surface area contributed by atoms with Crippen LogP contribution in [0.15, 0.2) is 47.5 Å². The number of thioether (sulfide) groups is 1. The van der Waals surface area contributed by atoms with E-state index in [4.69, 9.17) is 5.11 Å². The van der Waals surface area contributed by atoms with E-state index in [0.717, 1.165) is 12.1 Å². The molecule has 2 aromatic rings. The SMILES string of the molecule is C[C@H](Sc1ccc(C(=O)O)nc1)c1cccc(C(F)(F)F)c1. The van der Waals surface area contributed by atoms with Crippen LogP contribution in [-0.2, 0) is 6.18 Å². The van der Waals surface area contributed by atoms with Crippen molar-refractivity contribution in [1.82, 2.24) is 4.98 Å². The number of benzene rings is 1. The van der Waals surface area contributed by atoms with E-state index in [1.165, 1.54) is 30.1 Å². The molecule has 1 aromatic heterocycles. The summed E-state index contributed by atoms with van der Waals surface area (Å²) >= 11 is 1.31. The molecule has 0 aliphatic carbocycles. The molecule has 0 aliphatic heterocycles. The van der Waals surface area contributed by atoms with E-state index in [9.17, 15) is 18.0 Å². The fraction of sp³-hybridized carbons (Fsp3) is 0.200. The van der Waals surface area contributed by atoms with Gasteiger partial charge in [0, 0.05) is 16.3 Å². The Bertz CT molecular complexity index is 671. The van der Waals surface area contributed by atoms with Gasteiger partial charge in [-0.3, -0.25) is 0 Å². The van der Waals surface area contributed by atoms with E-state index in [-0.39, 0.29) is 10.9 Å². The quantitative estimate of drug-likeness (QED) is 0.830. The summed E-state index contributed by atoms with van der Waals surface area (Å²) in [6.45, 7) is 1.78. The molecule has 0 fully saturated rings. The zero-order valence-corrected chi connectivity index (χ0v) is 12.3. The van der Waals surface area contributed by atoms with Crippen LogP contribution in [0.4, 0.5) is 13.2 Å². The fourth-order valence-electron chi connectivity index (χ4n) is 1.82. The Morgan fingerprint density at radius 2 is 2.00 bits per heavy atom. The number of nitrogens with zero attached hydrogens (tertiary/aromatic N) is 1. The van der Waals surface area contributed by atoms with Crippen LogP contribution in [0.5, 0.6) is 0 Å². The van der Waals surface area contributed by atoms with Gasteiger partial charge in [-0.05, 0) is 30.7 Å². The number of halogens is 3. The van der Waals surface area contributed by atoms with Crippen molar-refractivity contribution >= 4 is 17.7 Å². The molecule has 116 valence electrons. The molecule has 0 spiro atoms. The van der Waals surface area contributed by atoms with Crippen molar-refractivity contribution in [2.75, 3.05) is 0 Å². The number of carbonyl (C=O) groups is 1. The van der Waals surface area contributed by atoms with Gasteiger partial charge < -0.3 is 5.11 Å². The first-order valence-corrected chi connectivity index (χ1v) is 7.18. The molecule has 0 aliphatic rings. The number of carboxylic acids is 1. The van der Waals surface area contributed by atoms with E-state index in [1.807, 2.05) is 0 Å². The maximum atomic E-state index is 12.7. The van der Waals surface area contributed by atoms with Crippen LogP contribution in [0.3, 0.4) is 0 Å². The maximum absolute atomic E-state index is 12.7. The second kappa shape index (κ2) is 6.39. The van der Waals surface area contributed by atoms with Crippen LogP contribution >= 0.6 is 11.8 Å². The molecule has 0 radical (unpaired) electrons. The Balaban J connectivity index is 2.15. The zero-order valence-electron chi connectivity index (χ0n) is 11.5. The highest BCUT2D eigenvalue weighted by molar-refractivity contribution is 7.99. The third-order valence-corrected chi connectivity index (χ3v) is 4.09. The minimum Gasteiger partial charge on any atom is -0.477 e. The van der Waals surface area contributed by atoms with Crippen LogP contribution in [0.1, 0.15) is 33.8 Å². The number of aromatic carboxylic acids is 1. The lowest BCUT2D eigenvalue weighted by atomic mass is 10.1. The Morgan fingerprint density at radius 1 is 1.27 bits per heavy atom. The number of alkyl halides is 3. The molecule has 1 N–H and O–H groups in total. The zero-order chi connectivity index (χ0) is 16.3. The van der Waals surface area contributed by atoms with Crippen molar-refractivity contribution in [2.45, 2.75) is 23.2 Å². The van der Waals surface area contributed by atoms with Crippen LogP contribution in [0.25, 0.3) is 0 Å². The fourth-order valence-corrected chi connectivity index (χ4v) is 2.77. The highest BCUT2D eigenvalue weighted by Crippen LogP contribution is 2.37. The second-order valence-electron chi connectivity index (χ2n) is 4.57. The van der Waals surface area contributed by atoms with Crippen molar-refractivity contribution in [3.63, 3.8) is 0 Å². The molecule has 1 heterocycles. The second-order valence-corrected chi connectivity index (χ2v) is 5.98. The van der Waals surface area contributed by atoms with Gasteiger partial charge in [0.05, 0.1) is 5.56 Å². The maximum Gasteiger partial charge on any atom is 0.416 e. The number of pyridine rings is 1. The molecule has 1 atom stereocenters. The van der Waals surface area contributed by atoms with Crippen molar-refractivity contribution < 1.29 is 23.1 Å². The highest BCUT2D eigenvalue weighted by atomic mass is 32.2. The van der Waals surface area contributed by atoms with Crippen LogP contribution < -0.4 is 0 Å². The Morgan fingerprint density at radius 3 is 2.55 bits per heavy atom. The number of hydrogen-bond donors (Lipinski definition) is 1. The number of carboxylic acid groups (broad SMARTS) is 1. The first-order valence-electron chi connectivity index (χ1n) is 6.30. The van der Waals surface area contributed by atoms with Gasteiger partial charge in [0.1, 0.15) is 5.69 Å². The van der Waals surface area contributed by atoms with E-state index in [1.54, 1.807) is 19.1 Å². The van der Waals surface area contributed by atoms with E-state index < -0.39 is 17.7 Å². The Kier molecular flexibility index (Phi) is 4.75. The van der Waals surface area contributed by atoms with Gasteiger partial charge in [-0.2, -0.15) is 13.2 Å². The minimum absolute atomic E-state index is 0.0731. The molecule has 0 unspecified atom stereocenters. The predicted molar refractivity (Wildman–Crippen MR) is 76.9 cm³/mol. The van der Waals surface area contributed by atoms with Crippen LogP contribution in [0.2, 0.25) is 0 Å². The number of rotatable bonds is 4. The molecule has 0 bridgehead atoms. The first kappa shape index (κ1) is 16.4. The Hall–Kier alpha value is -2.02. The highest BCUT2D eigenvalue weighted by Gasteiger charge is 2.30. The third-order valence-electron chi connectivity index (χ3n) is 2.95. The van der Waals surface area contributed by atoms with E-state index in [2.05, 4.69) is 4.98 Å². The van der Waals surface area contributed by atoms with Crippen molar-refractivity contribution in [3.8, 4) is 0 Å².